The topological polar surface area (TPSA) is 76.4 Å². The Bertz CT molecular complexity index is 280. The fourth-order valence-corrected chi connectivity index (χ4v) is 0.984. The lowest BCUT2D eigenvalue weighted by Crippen LogP contribution is -2.33. The third-order valence-electron chi connectivity index (χ3n) is 1.74. The second-order valence-corrected chi connectivity index (χ2v) is 2.88. The van der Waals surface area contributed by atoms with Crippen molar-refractivity contribution in [2.45, 2.75) is 0 Å². The number of rotatable bonds is 7. The molecule has 1 rings (SSSR count). The van der Waals surface area contributed by atoms with Crippen LogP contribution < -0.4 is 10.6 Å². The van der Waals surface area contributed by atoms with Crippen LogP contribution in [0.5, 0.6) is 0 Å². The molecule has 92 valence electrons. The fraction of sp³-hybridized carbons (Fsp3) is 0.556. The maximum Gasteiger partial charge on any atom is 0.273 e. The van der Waals surface area contributed by atoms with Crippen molar-refractivity contribution in [2.24, 2.45) is 0 Å². The molecular weight excluding hydrogens is 234 g/mol. The van der Waals surface area contributed by atoms with Crippen molar-refractivity contribution in [2.75, 3.05) is 33.4 Å². The summed E-state index contributed by atoms with van der Waals surface area (Å²) in [6.07, 6.45) is 1.37. The van der Waals surface area contributed by atoms with E-state index in [1.807, 2.05) is 0 Å². The van der Waals surface area contributed by atoms with Crippen molar-refractivity contribution in [3.8, 4) is 0 Å². The van der Waals surface area contributed by atoms with Gasteiger partial charge in [0.2, 0.25) is 0 Å². The second-order valence-electron chi connectivity index (χ2n) is 2.88. The molecule has 0 saturated heterocycles. The third-order valence-corrected chi connectivity index (χ3v) is 1.74. The molecule has 1 aromatic rings. The number of hydrogen-bond donors (Lipinski definition) is 2. The summed E-state index contributed by atoms with van der Waals surface area (Å²) in [7, 11) is 1.65. The highest BCUT2D eigenvalue weighted by molar-refractivity contribution is 5.91. The van der Waals surface area contributed by atoms with E-state index in [2.05, 4.69) is 20.3 Å². The minimum absolute atomic E-state index is 0. The summed E-state index contributed by atoms with van der Waals surface area (Å²) in [6, 6.07) is 1.52. The molecule has 0 radical (unpaired) electrons. The predicted octanol–water partition coefficient (Wildman–Crippen LogP) is 0.0622. The lowest BCUT2D eigenvalue weighted by atomic mass is 10.4. The van der Waals surface area contributed by atoms with E-state index in [0.29, 0.717) is 25.4 Å². The minimum Gasteiger partial charge on any atom is -0.383 e. The molecular formula is C9H16ClN3O3. The first-order chi connectivity index (χ1) is 7.34. The zero-order chi connectivity index (χ0) is 10.9. The van der Waals surface area contributed by atoms with Crippen molar-refractivity contribution in [3.05, 3.63) is 18.0 Å². The van der Waals surface area contributed by atoms with Gasteiger partial charge in [-0.15, -0.1) is 12.4 Å². The number of aromatic nitrogens is 1. The van der Waals surface area contributed by atoms with Gasteiger partial charge in [-0.3, -0.25) is 4.79 Å². The van der Waals surface area contributed by atoms with Crippen LogP contribution in [0.15, 0.2) is 16.9 Å². The van der Waals surface area contributed by atoms with Crippen molar-refractivity contribution in [3.63, 3.8) is 0 Å². The molecule has 1 aromatic heterocycles. The predicted molar refractivity (Wildman–Crippen MR) is 60.8 cm³/mol. The third kappa shape index (κ3) is 5.69. The van der Waals surface area contributed by atoms with Crippen LogP contribution in [-0.2, 0) is 4.74 Å². The SMILES string of the molecule is COCCNCCNC(=O)c1ccon1.Cl. The molecule has 0 bridgehead atoms. The quantitative estimate of drug-likeness (QED) is 0.669. The summed E-state index contributed by atoms with van der Waals surface area (Å²) in [5, 5.41) is 9.32. The van der Waals surface area contributed by atoms with Crippen LogP contribution in [0.3, 0.4) is 0 Å². The number of nitrogens with one attached hydrogen (secondary N) is 2. The molecule has 0 spiro atoms. The summed E-state index contributed by atoms with van der Waals surface area (Å²) in [5.41, 5.74) is 0.298. The number of nitrogens with zero attached hydrogens (tertiary/aromatic N) is 1. The van der Waals surface area contributed by atoms with Gasteiger partial charge in [0.05, 0.1) is 6.61 Å². The number of carbonyl (C=O) groups excluding carboxylic acids is 1. The van der Waals surface area contributed by atoms with Crippen molar-refractivity contribution in [1.82, 2.24) is 15.8 Å². The van der Waals surface area contributed by atoms with Crippen LogP contribution in [0.1, 0.15) is 10.5 Å². The summed E-state index contributed by atoms with van der Waals surface area (Å²) >= 11 is 0. The maximum atomic E-state index is 11.3. The molecule has 0 unspecified atom stereocenters. The number of carbonyl (C=O) groups is 1. The summed E-state index contributed by atoms with van der Waals surface area (Å²) in [4.78, 5) is 11.3. The summed E-state index contributed by atoms with van der Waals surface area (Å²) < 4.78 is 9.41. The van der Waals surface area contributed by atoms with Gasteiger partial charge in [0.25, 0.3) is 5.91 Å². The second kappa shape index (κ2) is 9.14. The van der Waals surface area contributed by atoms with Crippen LogP contribution >= 0.6 is 12.4 Å². The first kappa shape index (κ1) is 14.9. The molecule has 1 heterocycles. The van der Waals surface area contributed by atoms with Gasteiger partial charge in [-0.25, -0.2) is 0 Å². The molecule has 0 saturated carbocycles. The smallest absolute Gasteiger partial charge is 0.273 e. The Morgan fingerprint density at radius 2 is 2.31 bits per heavy atom. The molecule has 0 aromatic carbocycles. The van der Waals surface area contributed by atoms with E-state index in [4.69, 9.17) is 4.74 Å². The van der Waals surface area contributed by atoms with Gasteiger partial charge in [-0.1, -0.05) is 5.16 Å². The Hall–Kier alpha value is -1.11. The van der Waals surface area contributed by atoms with Crippen molar-refractivity contribution < 1.29 is 14.1 Å². The number of amides is 1. The molecule has 7 heteroatoms. The summed E-state index contributed by atoms with van der Waals surface area (Å²) in [6.45, 7) is 2.69. The number of ether oxygens (including phenoxy) is 1. The normalized spacial score (nSPS) is 9.56. The maximum absolute atomic E-state index is 11.3. The molecule has 0 fully saturated rings. The molecule has 16 heavy (non-hydrogen) atoms. The Labute approximate surface area is 100 Å². The number of hydrogen-bond acceptors (Lipinski definition) is 5. The van der Waals surface area contributed by atoms with Gasteiger partial charge in [0, 0.05) is 32.8 Å². The van der Waals surface area contributed by atoms with E-state index in [9.17, 15) is 4.79 Å². The Kier molecular flexibility index (Phi) is 8.51. The molecule has 0 aliphatic carbocycles. The molecule has 1 amide bonds. The van der Waals surface area contributed by atoms with E-state index in [-0.39, 0.29) is 18.3 Å². The fourth-order valence-electron chi connectivity index (χ4n) is 0.984. The van der Waals surface area contributed by atoms with E-state index < -0.39 is 0 Å². The first-order valence-corrected chi connectivity index (χ1v) is 4.73. The van der Waals surface area contributed by atoms with Crippen molar-refractivity contribution >= 4 is 18.3 Å². The van der Waals surface area contributed by atoms with E-state index in [1.54, 1.807) is 7.11 Å². The largest absolute Gasteiger partial charge is 0.383 e. The van der Waals surface area contributed by atoms with E-state index in [1.165, 1.54) is 12.3 Å². The van der Waals surface area contributed by atoms with Crippen LogP contribution in [0, 0.1) is 0 Å². The van der Waals surface area contributed by atoms with Crippen molar-refractivity contribution in [1.29, 1.82) is 0 Å². The van der Waals surface area contributed by atoms with E-state index >= 15 is 0 Å². The zero-order valence-corrected chi connectivity index (χ0v) is 9.88. The zero-order valence-electron chi connectivity index (χ0n) is 9.06. The Morgan fingerprint density at radius 1 is 1.50 bits per heavy atom. The highest BCUT2D eigenvalue weighted by atomic mass is 35.5. The number of halogens is 1. The van der Waals surface area contributed by atoms with Gasteiger partial charge < -0.3 is 19.9 Å². The van der Waals surface area contributed by atoms with Gasteiger partial charge >= 0.3 is 0 Å². The van der Waals surface area contributed by atoms with Gasteiger partial charge in [-0.2, -0.15) is 0 Å². The monoisotopic (exact) mass is 249 g/mol. The highest BCUT2D eigenvalue weighted by Crippen LogP contribution is 1.92. The summed E-state index contributed by atoms with van der Waals surface area (Å²) in [5.74, 6) is -0.225. The molecule has 0 aliphatic rings. The highest BCUT2D eigenvalue weighted by Gasteiger charge is 2.06. The van der Waals surface area contributed by atoms with Crippen LogP contribution in [-0.4, -0.2) is 44.4 Å². The molecule has 0 atom stereocenters. The van der Waals surface area contributed by atoms with Crippen LogP contribution in [0.4, 0.5) is 0 Å². The average Bonchev–Trinajstić information content (AvgIpc) is 2.76. The number of methoxy groups -OCH3 is 1. The molecule has 6 nitrogen and oxygen atoms in total. The molecule has 2 N–H and O–H groups in total. The lowest BCUT2D eigenvalue weighted by Gasteiger charge is -2.04. The average molecular weight is 250 g/mol. The Balaban J connectivity index is 0.00000225. The van der Waals surface area contributed by atoms with Gasteiger partial charge in [0.15, 0.2) is 5.69 Å². The first-order valence-electron chi connectivity index (χ1n) is 4.73. The standard InChI is InChI=1S/C9H15N3O3.ClH/c1-14-7-5-10-3-4-11-9(13)8-2-6-15-12-8;/h2,6,10H,3-5,7H2,1H3,(H,11,13);1H. The lowest BCUT2D eigenvalue weighted by molar-refractivity contribution is 0.0944. The van der Waals surface area contributed by atoms with E-state index in [0.717, 1.165) is 6.54 Å². The van der Waals surface area contributed by atoms with Crippen LogP contribution in [0.2, 0.25) is 0 Å². The molecule has 0 aliphatic heterocycles. The minimum atomic E-state index is -0.225. The van der Waals surface area contributed by atoms with Gasteiger partial charge in [-0.05, 0) is 0 Å². The Morgan fingerprint density at radius 3 is 2.94 bits per heavy atom. The van der Waals surface area contributed by atoms with Gasteiger partial charge in [0.1, 0.15) is 6.26 Å². The van der Waals surface area contributed by atoms with Crippen LogP contribution in [0.25, 0.3) is 0 Å².